The van der Waals surface area contributed by atoms with Crippen molar-refractivity contribution in [3.63, 3.8) is 0 Å². The third kappa shape index (κ3) is 8.74. The Kier molecular flexibility index (Phi) is 11.0. The number of ether oxygens (including phenoxy) is 3. The minimum absolute atomic E-state index is 0.0134. The maximum atomic E-state index is 12.8. The van der Waals surface area contributed by atoms with E-state index in [-0.39, 0.29) is 49.1 Å². The van der Waals surface area contributed by atoms with Crippen LogP contribution in [0, 0.1) is 5.92 Å². The number of nitrogens with one attached hydrogen (secondary N) is 3. The summed E-state index contributed by atoms with van der Waals surface area (Å²) in [6.07, 6.45) is 7.11. The van der Waals surface area contributed by atoms with E-state index in [0.717, 1.165) is 53.4 Å². The molecule has 232 valence electrons. The van der Waals surface area contributed by atoms with E-state index >= 15 is 0 Å². The minimum atomic E-state index is -0.401. The SMILES string of the molecule is COCCOCC(=O)NC[C@H](C)NC1CC(C(=O)Nc2nc3ccc(-c4cnc(CO[C@H]5CCC[C@@H]5O)nc4)cc3s2)C1. The highest BCUT2D eigenvalue weighted by molar-refractivity contribution is 7.22. The second-order valence-electron chi connectivity index (χ2n) is 11.2. The van der Waals surface area contributed by atoms with Crippen molar-refractivity contribution >= 4 is 38.5 Å². The summed E-state index contributed by atoms with van der Waals surface area (Å²) in [6.45, 7) is 3.63. The zero-order chi connectivity index (χ0) is 30.2. The zero-order valence-electron chi connectivity index (χ0n) is 24.6. The van der Waals surface area contributed by atoms with Crippen LogP contribution in [0.4, 0.5) is 5.13 Å². The number of aliphatic hydroxyl groups excluding tert-OH is 1. The van der Waals surface area contributed by atoms with Gasteiger partial charge in [-0.15, -0.1) is 0 Å². The lowest BCUT2D eigenvalue weighted by atomic mass is 9.79. The number of benzene rings is 1. The molecule has 2 fully saturated rings. The van der Waals surface area contributed by atoms with Gasteiger partial charge in [0.15, 0.2) is 11.0 Å². The molecule has 0 bridgehead atoms. The van der Waals surface area contributed by atoms with Crippen LogP contribution in [0.1, 0.15) is 44.9 Å². The highest BCUT2D eigenvalue weighted by Gasteiger charge is 2.35. The molecule has 1 aromatic carbocycles. The molecule has 2 aliphatic rings. The number of anilines is 1. The molecule has 4 N–H and O–H groups in total. The van der Waals surface area contributed by atoms with E-state index in [0.29, 0.717) is 30.7 Å². The van der Waals surface area contributed by atoms with E-state index in [4.69, 9.17) is 14.2 Å². The van der Waals surface area contributed by atoms with E-state index in [9.17, 15) is 14.7 Å². The summed E-state index contributed by atoms with van der Waals surface area (Å²) in [6, 6.07) is 6.24. The summed E-state index contributed by atoms with van der Waals surface area (Å²) in [4.78, 5) is 38.2. The second-order valence-corrected chi connectivity index (χ2v) is 12.2. The smallest absolute Gasteiger partial charge is 0.246 e. The van der Waals surface area contributed by atoms with Crippen molar-refractivity contribution in [3.05, 3.63) is 36.4 Å². The molecule has 0 spiro atoms. The Hall–Kier alpha value is -3.07. The van der Waals surface area contributed by atoms with Crippen molar-refractivity contribution in [1.29, 1.82) is 0 Å². The average molecular weight is 613 g/mol. The van der Waals surface area contributed by atoms with Crippen molar-refractivity contribution in [2.75, 3.05) is 38.8 Å². The Labute approximate surface area is 254 Å². The molecule has 0 saturated heterocycles. The number of carbonyl (C=O) groups excluding carboxylic acids is 2. The molecular weight excluding hydrogens is 572 g/mol. The standard InChI is InChI=1S/C30H40N6O6S/c1-18(13-33-28(38)17-41-9-8-40-2)34-22-10-20(11-22)29(39)36-30-35-23-7-6-19(12-26(23)43-30)21-14-31-27(32-15-21)16-42-25-5-3-4-24(25)37/h6-7,12,14-15,18,20,22,24-25,34,37H,3-5,8-11,13,16-17H2,1-2H3,(H,33,38)(H,35,36,39)/t18-,20?,22?,24-,25-/m0/s1. The average Bonchev–Trinajstić information content (AvgIpc) is 3.59. The van der Waals surface area contributed by atoms with Crippen LogP contribution < -0.4 is 16.0 Å². The molecule has 3 atom stereocenters. The van der Waals surface area contributed by atoms with Gasteiger partial charge >= 0.3 is 0 Å². The number of thiazole rings is 1. The molecule has 13 heteroatoms. The molecule has 2 saturated carbocycles. The van der Waals surface area contributed by atoms with Gasteiger partial charge in [-0.1, -0.05) is 17.4 Å². The number of aliphatic hydroxyl groups is 1. The highest BCUT2D eigenvalue weighted by atomic mass is 32.1. The monoisotopic (exact) mass is 612 g/mol. The maximum Gasteiger partial charge on any atom is 0.246 e. The fraction of sp³-hybridized carbons (Fsp3) is 0.567. The van der Waals surface area contributed by atoms with Crippen molar-refractivity contribution < 1.29 is 28.9 Å². The van der Waals surface area contributed by atoms with Crippen LogP contribution in [0.3, 0.4) is 0 Å². The van der Waals surface area contributed by atoms with Gasteiger partial charge in [0, 0.05) is 49.6 Å². The third-order valence-corrected chi connectivity index (χ3v) is 8.73. The van der Waals surface area contributed by atoms with E-state index in [1.807, 2.05) is 25.1 Å². The molecule has 12 nitrogen and oxygen atoms in total. The number of nitrogens with zero attached hydrogens (tertiary/aromatic N) is 3. The molecule has 3 aromatic rings. The molecule has 2 aliphatic carbocycles. The number of fused-ring (bicyclic) bond motifs is 1. The summed E-state index contributed by atoms with van der Waals surface area (Å²) in [5.41, 5.74) is 2.66. The number of aromatic nitrogens is 3. The molecule has 0 radical (unpaired) electrons. The quantitative estimate of drug-likeness (QED) is 0.188. The fourth-order valence-electron chi connectivity index (χ4n) is 5.28. The Bertz CT molecular complexity index is 1360. The van der Waals surface area contributed by atoms with Gasteiger partial charge in [-0.3, -0.25) is 9.59 Å². The molecule has 0 aliphatic heterocycles. The van der Waals surface area contributed by atoms with Gasteiger partial charge in [0.1, 0.15) is 13.2 Å². The van der Waals surface area contributed by atoms with E-state index in [2.05, 4.69) is 30.9 Å². The lowest BCUT2D eigenvalue weighted by Crippen LogP contribution is -2.51. The van der Waals surface area contributed by atoms with Gasteiger partial charge in [0.2, 0.25) is 11.8 Å². The fourth-order valence-corrected chi connectivity index (χ4v) is 6.19. The van der Waals surface area contributed by atoms with Crippen molar-refractivity contribution in [1.82, 2.24) is 25.6 Å². The Morgan fingerprint density at radius 1 is 1.14 bits per heavy atom. The van der Waals surface area contributed by atoms with E-state index < -0.39 is 6.10 Å². The van der Waals surface area contributed by atoms with E-state index in [1.54, 1.807) is 19.5 Å². The summed E-state index contributed by atoms with van der Waals surface area (Å²) < 4.78 is 16.9. The number of hydrogen-bond acceptors (Lipinski definition) is 11. The largest absolute Gasteiger partial charge is 0.390 e. The van der Waals surface area contributed by atoms with Crippen molar-refractivity contribution in [2.45, 2.75) is 69.9 Å². The highest BCUT2D eigenvalue weighted by Crippen LogP contribution is 2.33. The molecule has 2 amide bonds. The molecule has 2 heterocycles. The molecule has 0 unspecified atom stereocenters. The zero-order valence-corrected chi connectivity index (χ0v) is 25.4. The Morgan fingerprint density at radius 2 is 1.95 bits per heavy atom. The summed E-state index contributed by atoms with van der Waals surface area (Å²) in [5, 5.41) is 19.8. The van der Waals surface area contributed by atoms with Crippen LogP contribution in [-0.4, -0.2) is 89.6 Å². The van der Waals surface area contributed by atoms with Gasteiger partial charge in [0.25, 0.3) is 0 Å². The molecule has 43 heavy (non-hydrogen) atoms. The van der Waals surface area contributed by atoms with Crippen molar-refractivity contribution in [3.8, 4) is 11.1 Å². The Balaban J connectivity index is 1.05. The normalized spacial score (nSPS) is 22.3. The van der Waals surface area contributed by atoms with Crippen LogP contribution in [0.15, 0.2) is 30.6 Å². The Morgan fingerprint density at radius 3 is 2.70 bits per heavy atom. The van der Waals surface area contributed by atoms with E-state index in [1.165, 1.54) is 11.3 Å². The molecule has 2 aromatic heterocycles. The third-order valence-electron chi connectivity index (χ3n) is 7.80. The first-order valence-electron chi connectivity index (χ1n) is 14.8. The van der Waals surface area contributed by atoms with Crippen molar-refractivity contribution in [2.24, 2.45) is 5.92 Å². The lowest BCUT2D eigenvalue weighted by molar-refractivity contribution is -0.126. The first kappa shape index (κ1) is 31.4. The van der Waals surface area contributed by atoms with Crippen LogP contribution in [0.25, 0.3) is 21.3 Å². The van der Waals surface area contributed by atoms with Crippen LogP contribution in [0.2, 0.25) is 0 Å². The molecule has 5 rings (SSSR count). The van der Waals surface area contributed by atoms with Gasteiger partial charge in [-0.2, -0.15) is 0 Å². The topological polar surface area (TPSA) is 157 Å². The number of hydrogen-bond donors (Lipinski definition) is 4. The van der Waals surface area contributed by atoms with Crippen LogP contribution in [-0.2, 0) is 30.4 Å². The number of amides is 2. The van der Waals surface area contributed by atoms with Crippen LogP contribution in [0.5, 0.6) is 0 Å². The van der Waals surface area contributed by atoms with Gasteiger partial charge in [-0.05, 0) is 56.7 Å². The van der Waals surface area contributed by atoms with Gasteiger partial charge in [-0.25, -0.2) is 15.0 Å². The van der Waals surface area contributed by atoms with Gasteiger partial charge < -0.3 is 35.3 Å². The summed E-state index contributed by atoms with van der Waals surface area (Å²) in [7, 11) is 1.59. The second kappa shape index (κ2) is 15.1. The number of methoxy groups -OCH3 is 1. The first-order chi connectivity index (χ1) is 20.9. The van der Waals surface area contributed by atoms with Gasteiger partial charge in [0.05, 0.1) is 35.6 Å². The molecular formula is C30H40N6O6S. The predicted molar refractivity (Wildman–Crippen MR) is 163 cm³/mol. The number of carbonyl (C=O) groups is 2. The first-order valence-corrected chi connectivity index (χ1v) is 15.6. The van der Waals surface area contributed by atoms with Crippen LogP contribution >= 0.6 is 11.3 Å². The minimum Gasteiger partial charge on any atom is -0.390 e. The lowest BCUT2D eigenvalue weighted by Gasteiger charge is -2.36. The summed E-state index contributed by atoms with van der Waals surface area (Å²) in [5.74, 6) is 0.322. The predicted octanol–water partition coefficient (Wildman–Crippen LogP) is 2.66. The maximum absolute atomic E-state index is 12.8. The summed E-state index contributed by atoms with van der Waals surface area (Å²) >= 11 is 1.44. The number of rotatable bonds is 15.